The van der Waals surface area contributed by atoms with Gasteiger partial charge in [-0.3, -0.25) is 9.59 Å². The van der Waals surface area contributed by atoms with Gasteiger partial charge in [-0.1, -0.05) is 20.8 Å². The molecule has 0 radical (unpaired) electrons. The number of methoxy groups -OCH3 is 1. The molecule has 0 fully saturated rings. The first-order valence-electron chi connectivity index (χ1n) is 8.01. The molecule has 3 heterocycles. The minimum Gasteiger partial charge on any atom is -0.495 e. The van der Waals surface area contributed by atoms with Crippen LogP contribution in [-0.2, 0) is 5.41 Å². The third-order valence-electron chi connectivity index (χ3n) is 3.84. The Labute approximate surface area is 153 Å². The van der Waals surface area contributed by atoms with Crippen molar-refractivity contribution in [2.45, 2.75) is 26.2 Å². The summed E-state index contributed by atoms with van der Waals surface area (Å²) in [4.78, 5) is 38.2. The zero-order valence-corrected chi connectivity index (χ0v) is 15.8. The van der Waals surface area contributed by atoms with Crippen molar-refractivity contribution < 1.29 is 4.74 Å². The number of ether oxygens (including phenoxy) is 1. The molecule has 0 saturated heterocycles. The fourth-order valence-electron chi connectivity index (χ4n) is 2.56. The highest BCUT2D eigenvalue weighted by Gasteiger charge is 2.19. The van der Waals surface area contributed by atoms with Crippen LogP contribution in [0.15, 0.2) is 27.4 Å². The number of aromatic amines is 3. The van der Waals surface area contributed by atoms with Gasteiger partial charge >= 0.3 is 0 Å². The van der Waals surface area contributed by atoms with Gasteiger partial charge in [-0.2, -0.15) is 0 Å². The number of nitrogens with zero attached hydrogens (tertiary/aromatic N) is 1. The molecule has 0 saturated carbocycles. The maximum Gasteiger partial charge on any atom is 0.272 e. The molecule has 0 aliphatic carbocycles. The van der Waals surface area contributed by atoms with E-state index in [2.05, 4.69) is 19.9 Å². The van der Waals surface area contributed by atoms with Gasteiger partial charge in [0.05, 0.1) is 24.0 Å². The first-order valence-corrected chi connectivity index (χ1v) is 8.89. The summed E-state index contributed by atoms with van der Waals surface area (Å²) < 4.78 is 5.22. The van der Waals surface area contributed by atoms with E-state index in [0.29, 0.717) is 11.4 Å². The number of H-pyrrole nitrogens is 3. The van der Waals surface area contributed by atoms with E-state index in [-0.39, 0.29) is 21.7 Å². The number of thiophene rings is 1. The smallest absolute Gasteiger partial charge is 0.272 e. The summed E-state index contributed by atoms with van der Waals surface area (Å²) in [5.41, 5.74) is 0.555. The highest BCUT2D eigenvalue weighted by molar-refractivity contribution is 7.11. The second kappa shape index (κ2) is 6.80. The van der Waals surface area contributed by atoms with Crippen LogP contribution in [0.5, 0.6) is 5.75 Å². The molecular weight excluding hydrogens is 352 g/mol. The molecule has 3 aromatic heterocycles. The van der Waals surface area contributed by atoms with Crippen LogP contribution in [-0.4, -0.2) is 27.0 Å². The Bertz CT molecular complexity index is 1160. The summed E-state index contributed by atoms with van der Waals surface area (Å²) in [6.07, 6.45) is 4.75. The summed E-state index contributed by atoms with van der Waals surface area (Å²) in [5, 5.41) is 2.18. The van der Waals surface area contributed by atoms with E-state index in [0.717, 1.165) is 10.6 Å². The lowest BCUT2D eigenvalue weighted by Gasteiger charge is -2.16. The van der Waals surface area contributed by atoms with E-state index in [4.69, 9.17) is 4.74 Å². The number of nitrogens with one attached hydrogen (secondary N) is 3. The summed E-state index contributed by atoms with van der Waals surface area (Å²) in [7, 11) is 1.56. The second-order valence-electron chi connectivity index (χ2n) is 6.79. The number of aromatic nitrogens is 4. The molecule has 0 aliphatic heterocycles. The average Bonchev–Trinajstić information content (AvgIpc) is 3.20. The molecule has 3 aromatic rings. The van der Waals surface area contributed by atoms with Crippen molar-refractivity contribution in [1.82, 2.24) is 19.9 Å². The minimum absolute atomic E-state index is 0.155. The Balaban J connectivity index is 2.14. The van der Waals surface area contributed by atoms with Gasteiger partial charge in [-0.05, 0) is 23.6 Å². The van der Waals surface area contributed by atoms with Crippen molar-refractivity contribution in [3.05, 3.63) is 65.4 Å². The van der Waals surface area contributed by atoms with Gasteiger partial charge in [0.15, 0.2) is 0 Å². The Morgan fingerprint density at radius 2 is 1.77 bits per heavy atom. The highest BCUT2D eigenvalue weighted by atomic mass is 32.1. The second-order valence-corrected chi connectivity index (χ2v) is 7.74. The zero-order valence-electron chi connectivity index (χ0n) is 15.0. The lowest BCUT2D eigenvalue weighted by atomic mass is 9.90. The van der Waals surface area contributed by atoms with Crippen molar-refractivity contribution in [3.63, 3.8) is 0 Å². The van der Waals surface area contributed by atoms with E-state index >= 15 is 0 Å². The van der Waals surface area contributed by atoms with Crippen LogP contribution in [0.25, 0.3) is 12.2 Å². The molecule has 136 valence electrons. The fraction of sp³-hybridized carbons (Fsp3) is 0.278. The molecule has 0 amide bonds. The van der Waals surface area contributed by atoms with E-state index in [1.54, 1.807) is 31.7 Å². The van der Waals surface area contributed by atoms with E-state index in [9.17, 15) is 9.59 Å². The Kier molecular flexibility index (Phi) is 4.69. The maximum absolute atomic E-state index is 12.4. The SMILES string of the molecule is COc1ccsc1/C=c1\[nH]c(=O)/c(=C/c2nc[nH]c2C(C)(C)C)[nH]c1=O. The number of hydrogen-bond donors (Lipinski definition) is 3. The van der Waals surface area contributed by atoms with Gasteiger partial charge in [0.1, 0.15) is 16.4 Å². The number of rotatable bonds is 3. The average molecular weight is 372 g/mol. The molecule has 0 unspecified atom stereocenters. The normalized spacial score (nSPS) is 13.4. The van der Waals surface area contributed by atoms with Crippen LogP contribution in [0.2, 0.25) is 0 Å². The number of imidazole rings is 1. The first kappa shape index (κ1) is 17.9. The first-order chi connectivity index (χ1) is 12.3. The van der Waals surface area contributed by atoms with Crippen molar-refractivity contribution in [2.75, 3.05) is 7.11 Å². The predicted molar refractivity (Wildman–Crippen MR) is 102 cm³/mol. The topological polar surface area (TPSA) is 104 Å². The van der Waals surface area contributed by atoms with Crippen LogP contribution in [0.1, 0.15) is 37.0 Å². The van der Waals surface area contributed by atoms with Gasteiger partial charge in [0.2, 0.25) is 0 Å². The summed E-state index contributed by atoms with van der Waals surface area (Å²) in [6.45, 7) is 6.12. The van der Waals surface area contributed by atoms with Gasteiger partial charge in [0, 0.05) is 11.1 Å². The molecule has 0 bridgehead atoms. The molecule has 0 atom stereocenters. The van der Waals surface area contributed by atoms with Crippen molar-refractivity contribution in [1.29, 1.82) is 0 Å². The van der Waals surface area contributed by atoms with Crippen molar-refractivity contribution in [3.8, 4) is 5.75 Å². The lowest BCUT2D eigenvalue weighted by Crippen LogP contribution is -2.46. The Hall–Kier alpha value is -2.87. The third kappa shape index (κ3) is 3.55. The van der Waals surface area contributed by atoms with Crippen LogP contribution in [0.4, 0.5) is 0 Å². The van der Waals surface area contributed by atoms with Crippen LogP contribution in [0, 0.1) is 0 Å². The standard InChI is InChI=1S/C18H20N4O3S/c1-18(2,3)15-10(19-9-20-15)7-11-16(23)22-12(17(24)21-11)8-14-13(25-4)5-6-26-14/h5-9H,1-4H3,(H,19,20)(H,21,24)(H,22,23)/b11-7-,12-8-. The predicted octanol–water partition coefficient (Wildman–Crippen LogP) is 0.811. The van der Waals surface area contributed by atoms with Crippen LogP contribution in [0.3, 0.4) is 0 Å². The fourth-order valence-corrected chi connectivity index (χ4v) is 3.35. The molecule has 8 heteroatoms. The van der Waals surface area contributed by atoms with Gasteiger partial charge in [-0.15, -0.1) is 11.3 Å². The zero-order chi connectivity index (χ0) is 18.9. The molecule has 0 aliphatic rings. The largest absolute Gasteiger partial charge is 0.495 e. The molecule has 3 rings (SSSR count). The van der Waals surface area contributed by atoms with Gasteiger partial charge in [0.25, 0.3) is 11.1 Å². The summed E-state index contributed by atoms with van der Waals surface area (Å²) in [5.74, 6) is 0.650. The Morgan fingerprint density at radius 1 is 1.12 bits per heavy atom. The Morgan fingerprint density at radius 3 is 2.38 bits per heavy atom. The molecular formula is C18H20N4O3S. The van der Waals surface area contributed by atoms with Crippen LogP contribution < -0.4 is 26.6 Å². The molecule has 7 nitrogen and oxygen atoms in total. The third-order valence-corrected chi connectivity index (χ3v) is 4.68. The highest BCUT2D eigenvalue weighted by Crippen LogP contribution is 2.24. The summed E-state index contributed by atoms with van der Waals surface area (Å²) >= 11 is 1.42. The lowest BCUT2D eigenvalue weighted by molar-refractivity contribution is 0.416. The monoisotopic (exact) mass is 372 g/mol. The van der Waals surface area contributed by atoms with Crippen LogP contribution >= 0.6 is 11.3 Å². The van der Waals surface area contributed by atoms with Crippen molar-refractivity contribution >= 4 is 23.5 Å². The van der Waals surface area contributed by atoms with E-state index < -0.39 is 5.56 Å². The molecule has 26 heavy (non-hydrogen) atoms. The minimum atomic E-state index is -0.394. The molecule has 3 N–H and O–H groups in total. The molecule has 0 spiro atoms. The van der Waals surface area contributed by atoms with Crippen molar-refractivity contribution in [2.24, 2.45) is 0 Å². The molecule has 0 aromatic carbocycles. The quantitative estimate of drug-likeness (QED) is 0.633. The number of hydrogen-bond acceptors (Lipinski definition) is 5. The van der Waals surface area contributed by atoms with Gasteiger partial charge < -0.3 is 19.7 Å². The summed E-state index contributed by atoms with van der Waals surface area (Å²) in [6, 6.07) is 1.80. The maximum atomic E-state index is 12.4. The van der Waals surface area contributed by atoms with Gasteiger partial charge in [-0.25, -0.2) is 4.98 Å². The van der Waals surface area contributed by atoms with E-state index in [1.165, 1.54) is 11.3 Å². The van der Waals surface area contributed by atoms with E-state index in [1.807, 2.05) is 26.2 Å².